The van der Waals surface area contributed by atoms with E-state index in [1.54, 1.807) is 0 Å². The Bertz CT molecular complexity index is 1290. The summed E-state index contributed by atoms with van der Waals surface area (Å²) in [6, 6.07) is 10.6. The largest absolute Gasteiger partial charge is 0.378 e. The summed E-state index contributed by atoms with van der Waals surface area (Å²) in [4.78, 5) is 25.0. The van der Waals surface area contributed by atoms with E-state index in [9.17, 15) is 0 Å². The van der Waals surface area contributed by atoms with Gasteiger partial charge in [-0.05, 0) is 48.7 Å². The van der Waals surface area contributed by atoms with E-state index < -0.39 is 0 Å². The SMILES string of the molecule is Cc1cccc(N2CCN(c3nc(N4CCN(Cc5ccncc5)CC4)nc(N4CCOCC4)c3F)CC2)c1C. The summed E-state index contributed by atoms with van der Waals surface area (Å²) in [5.41, 5.74) is 5.13. The van der Waals surface area contributed by atoms with Gasteiger partial charge in [0.05, 0.1) is 13.2 Å². The number of benzene rings is 1. The first kappa shape index (κ1) is 26.7. The molecule has 1 aromatic carbocycles. The number of rotatable bonds is 6. The molecule has 6 rings (SSSR count). The fraction of sp³-hybridized carbons (Fsp3) is 0.500. The Morgan fingerprint density at radius 3 is 2.00 bits per heavy atom. The van der Waals surface area contributed by atoms with Gasteiger partial charge >= 0.3 is 0 Å². The first-order chi connectivity index (χ1) is 19.6. The smallest absolute Gasteiger partial charge is 0.229 e. The van der Waals surface area contributed by atoms with Gasteiger partial charge in [0.15, 0.2) is 11.6 Å². The minimum atomic E-state index is -0.317. The average Bonchev–Trinajstić information content (AvgIpc) is 3.00. The fourth-order valence-electron chi connectivity index (χ4n) is 5.84. The third-order valence-electron chi connectivity index (χ3n) is 8.42. The van der Waals surface area contributed by atoms with E-state index >= 15 is 4.39 Å². The third kappa shape index (κ3) is 5.69. The van der Waals surface area contributed by atoms with Gasteiger partial charge in [0.25, 0.3) is 0 Å². The van der Waals surface area contributed by atoms with Crippen LogP contribution in [-0.4, -0.2) is 98.5 Å². The first-order valence-corrected chi connectivity index (χ1v) is 14.4. The minimum absolute atomic E-state index is 0.317. The molecule has 9 nitrogen and oxygen atoms in total. The van der Waals surface area contributed by atoms with Crippen molar-refractivity contribution < 1.29 is 9.13 Å². The second-order valence-corrected chi connectivity index (χ2v) is 10.9. The van der Waals surface area contributed by atoms with Crippen molar-refractivity contribution in [1.29, 1.82) is 0 Å². The normalized spacial score (nSPS) is 18.9. The van der Waals surface area contributed by atoms with Gasteiger partial charge in [-0.15, -0.1) is 0 Å². The van der Waals surface area contributed by atoms with Crippen molar-refractivity contribution in [3.63, 3.8) is 0 Å². The highest BCUT2D eigenvalue weighted by Gasteiger charge is 2.29. The molecule has 0 amide bonds. The Labute approximate surface area is 236 Å². The molecule has 3 fully saturated rings. The molecule has 3 saturated heterocycles. The number of halogens is 1. The number of aromatic nitrogens is 3. The second kappa shape index (κ2) is 11.9. The summed E-state index contributed by atoms with van der Waals surface area (Å²) in [6.45, 7) is 14.1. The number of morpholine rings is 1. The fourth-order valence-corrected chi connectivity index (χ4v) is 5.84. The Kier molecular flexibility index (Phi) is 7.97. The lowest BCUT2D eigenvalue weighted by Gasteiger charge is -2.39. The molecular formula is C30H39FN8O. The molecule has 0 radical (unpaired) electrons. The molecule has 0 bridgehead atoms. The monoisotopic (exact) mass is 546 g/mol. The lowest BCUT2D eigenvalue weighted by Crippen LogP contribution is -2.49. The molecular weight excluding hydrogens is 507 g/mol. The van der Waals surface area contributed by atoms with E-state index in [2.05, 4.69) is 68.8 Å². The number of anilines is 4. The molecule has 0 saturated carbocycles. The molecule has 10 heteroatoms. The maximum atomic E-state index is 16.1. The predicted octanol–water partition coefficient (Wildman–Crippen LogP) is 3.11. The molecule has 3 aliphatic rings. The van der Waals surface area contributed by atoms with Crippen molar-refractivity contribution in [3.8, 4) is 0 Å². The van der Waals surface area contributed by atoms with Gasteiger partial charge in [0, 0.05) is 90.1 Å². The topological polar surface area (TPSA) is 64.1 Å². The van der Waals surface area contributed by atoms with Gasteiger partial charge in [-0.25, -0.2) is 0 Å². The molecule has 0 N–H and O–H groups in total. The second-order valence-electron chi connectivity index (χ2n) is 10.9. The van der Waals surface area contributed by atoms with Crippen molar-refractivity contribution in [3.05, 3.63) is 65.2 Å². The quantitative estimate of drug-likeness (QED) is 0.464. The van der Waals surface area contributed by atoms with Crippen LogP contribution in [0.5, 0.6) is 0 Å². The Balaban J connectivity index is 1.21. The number of nitrogens with zero attached hydrogens (tertiary/aromatic N) is 8. The standard InChI is InChI=1S/C30H39FN8O/c1-23-4-3-5-26(24(23)2)36-14-16-37(17-15-36)28-27(31)29(38-18-20-40-21-19-38)34-30(33-28)39-12-10-35(11-13-39)22-25-6-8-32-9-7-25/h3-9H,10-22H2,1-2H3. The first-order valence-electron chi connectivity index (χ1n) is 14.4. The van der Waals surface area contributed by atoms with E-state index in [0.29, 0.717) is 57.0 Å². The number of hydrogen-bond donors (Lipinski definition) is 0. The molecule has 0 spiro atoms. The number of pyridine rings is 1. The summed E-state index contributed by atoms with van der Waals surface area (Å²) in [5.74, 6) is 1.13. The molecule has 3 aliphatic heterocycles. The summed E-state index contributed by atoms with van der Waals surface area (Å²) in [6.07, 6.45) is 3.68. The Morgan fingerprint density at radius 2 is 1.32 bits per heavy atom. The molecule has 5 heterocycles. The summed E-state index contributed by atoms with van der Waals surface area (Å²) < 4.78 is 21.7. The highest BCUT2D eigenvalue weighted by molar-refractivity contribution is 5.60. The highest BCUT2D eigenvalue weighted by Crippen LogP contribution is 2.31. The summed E-state index contributed by atoms with van der Waals surface area (Å²) >= 11 is 0. The summed E-state index contributed by atoms with van der Waals surface area (Å²) in [7, 11) is 0. The number of aryl methyl sites for hydroxylation is 1. The maximum Gasteiger partial charge on any atom is 0.229 e. The van der Waals surface area contributed by atoms with E-state index in [-0.39, 0.29) is 5.82 Å². The van der Waals surface area contributed by atoms with Crippen molar-refractivity contribution in [1.82, 2.24) is 19.9 Å². The van der Waals surface area contributed by atoms with E-state index in [0.717, 1.165) is 45.8 Å². The molecule has 3 aromatic rings. The van der Waals surface area contributed by atoms with Crippen LogP contribution in [0.2, 0.25) is 0 Å². The Morgan fingerprint density at radius 1 is 0.725 bits per heavy atom. The van der Waals surface area contributed by atoms with Crippen LogP contribution in [0.15, 0.2) is 42.7 Å². The van der Waals surface area contributed by atoms with Crippen molar-refractivity contribution >= 4 is 23.3 Å². The van der Waals surface area contributed by atoms with E-state index in [4.69, 9.17) is 14.7 Å². The maximum absolute atomic E-state index is 16.1. The summed E-state index contributed by atoms with van der Waals surface area (Å²) in [5, 5.41) is 0. The molecule has 40 heavy (non-hydrogen) atoms. The van der Waals surface area contributed by atoms with Crippen LogP contribution in [0.4, 0.5) is 27.7 Å². The van der Waals surface area contributed by atoms with Crippen LogP contribution >= 0.6 is 0 Å². The molecule has 0 atom stereocenters. The lowest BCUT2D eigenvalue weighted by atomic mass is 10.1. The van der Waals surface area contributed by atoms with Gasteiger partial charge in [-0.2, -0.15) is 14.4 Å². The van der Waals surface area contributed by atoms with E-state index in [1.807, 2.05) is 17.3 Å². The third-order valence-corrected chi connectivity index (χ3v) is 8.42. The van der Waals surface area contributed by atoms with Gasteiger partial charge in [-0.1, -0.05) is 12.1 Å². The average molecular weight is 547 g/mol. The zero-order chi connectivity index (χ0) is 27.5. The zero-order valence-corrected chi connectivity index (χ0v) is 23.6. The molecule has 212 valence electrons. The number of ether oxygens (including phenoxy) is 1. The molecule has 2 aromatic heterocycles. The van der Waals surface area contributed by atoms with Crippen LogP contribution in [0, 0.1) is 19.7 Å². The van der Waals surface area contributed by atoms with Gasteiger partial charge in [-0.3, -0.25) is 9.88 Å². The van der Waals surface area contributed by atoms with Crippen molar-refractivity contribution in [2.75, 3.05) is 98.3 Å². The highest BCUT2D eigenvalue weighted by atomic mass is 19.1. The molecule has 0 aliphatic carbocycles. The van der Waals surface area contributed by atoms with Gasteiger partial charge in [0.2, 0.25) is 11.8 Å². The Hall–Kier alpha value is -3.50. The zero-order valence-electron chi connectivity index (χ0n) is 23.6. The van der Waals surface area contributed by atoms with Gasteiger partial charge in [0.1, 0.15) is 0 Å². The van der Waals surface area contributed by atoms with Crippen LogP contribution in [-0.2, 0) is 11.3 Å². The van der Waals surface area contributed by atoms with Crippen LogP contribution in [0.3, 0.4) is 0 Å². The van der Waals surface area contributed by atoms with Crippen LogP contribution < -0.4 is 19.6 Å². The predicted molar refractivity (Wildman–Crippen MR) is 157 cm³/mol. The van der Waals surface area contributed by atoms with E-state index in [1.165, 1.54) is 22.4 Å². The molecule has 0 unspecified atom stereocenters. The minimum Gasteiger partial charge on any atom is -0.378 e. The van der Waals surface area contributed by atoms with Crippen molar-refractivity contribution in [2.24, 2.45) is 0 Å². The number of hydrogen-bond acceptors (Lipinski definition) is 9. The van der Waals surface area contributed by atoms with Crippen LogP contribution in [0.25, 0.3) is 0 Å². The van der Waals surface area contributed by atoms with Crippen molar-refractivity contribution in [2.45, 2.75) is 20.4 Å². The number of piperazine rings is 2. The van der Waals surface area contributed by atoms with Gasteiger partial charge < -0.3 is 24.3 Å². The lowest BCUT2D eigenvalue weighted by molar-refractivity contribution is 0.122. The van der Waals surface area contributed by atoms with Crippen LogP contribution in [0.1, 0.15) is 16.7 Å².